The summed E-state index contributed by atoms with van der Waals surface area (Å²) in [7, 11) is 0. The number of hydrogen-bond donors (Lipinski definition) is 0. The molecule has 0 saturated heterocycles. The van der Waals surface area contributed by atoms with E-state index in [0.717, 1.165) is 11.1 Å². The molecule has 0 aliphatic heterocycles. The number of ketones is 4. The van der Waals surface area contributed by atoms with Gasteiger partial charge in [-0.3, -0.25) is 19.2 Å². The van der Waals surface area contributed by atoms with E-state index in [-0.39, 0.29) is 34.5 Å². The second kappa shape index (κ2) is 7.55. The molecule has 0 amide bonds. The van der Waals surface area contributed by atoms with Gasteiger partial charge in [0.1, 0.15) is 31.2 Å². The van der Waals surface area contributed by atoms with Crippen molar-refractivity contribution in [1.82, 2.24) is 9.97 Å². The zero-order valence-electron chi connectivity index (χ0n) is 18.3. The fourth-order valence-electron chi connectivity index (χ4n) is 4.52. The molecule has 170 valence electrons. The van der Waals surface area contributed by atoms with E-state index in [2.05, 4.69) is 9.97 Å². The van der Waals surface area contributed by atoms with E-state index in [1.165, 1.54) is 22.7 Å². The molecule has 3 aromatic carbocycles. The summed E-state index contributed by atoms with van der Waals surface area (Å²) >= 11 is 2.39. The summed E-state index contributed by atoms with van der Waals surface area (Å²) in [5.74, 6) is -0.875. The highest BCUT2D eigenvalue weighted by molar-refractivity contribution is 7.18. The topological polar surface area (TPSA) is 94.1 Å². The van der Waals surface area contributed by atoms with Crippen LogP contribution in [0.2, 0.25) is 0 Å². The molecule has 5 aromatic rings. The molecule has 8 heteroatoms. The molecule has 2 heterocycles. The van der Waals surface area contributed by atoms with Crippen molar-refractivity contribution in [3.8, 4) is 21.1 Å². The highest BCUT2D eigenvalue weighted by atomic mass is 32.1. The summed E-state index contributed by atoms with van der Waals surface area (Å²) < 4.78 is 0. The standard InChI is InChI=1S/C28H12N2O4S2/c31-21-15-5-1-3-7-17(15)23(33)25-19(21)29-27(35-25)13-9-11-14(12-10-13)28-30-20-22(32)16-6-2-4-8-18(16)24(34)26(20)36-28/h1-12H. The fourth-order valence-corrected chi connectivity index (χ4v) is 6.56. The minimum Gasteiger partial charge on any atom is -0.288 e. The maximum atomic E-state index is 12.9. The Bertz CT molecular complexity index is 1570. The fraction of sp³-hybridized carbons (Fsp3) is 0. The van der Waals surface area contributed by atoms with Crippen molar-refractivity contribution < 1.29 is 19.2 Å². The lowest BCUT2D eigenvalue weighted by molar-refractivity contribution is 0.0979. The summed E-state index contributed by atoms with van der Waals surface area (Å²) in [6.45, 7) is 0. The summed E-state index contributed by atoms with van der Waals surface area (Å²) in [6, 6.07) is 20.9. The highest BCUT2D eigenvalue weighted by Crippen LogP contribution is 2.38. The quantitative estimate of drug-likeness (QED) is 0.309. The molecule has 0 bridgehead atoms. The number of hydrogen-bond acceptors (Lipinski definition) is 8. The molecule has 0 saturated carbocycles. The Hall–Kier alpha value is -4.40. The van der Waals surface area contributed by atoms with Crippen LogP contribution in [0.1, 0.15) is 62.6 Å². The lowest BCUT2D eigenvalue weighted by Crippen LogP contribution is -2.19. The van der Waals surface area contributed by atoms with E-state index in [4.69, 9.17) is 0 Å². The van der Waals surface area contributed by atoms with Crippen LogP contribution in [0.3, 0.4) is 0 Å². The van der Waals surface area contributed by atoms with Gasteiger partial charge in [-0.25, -0.2) is 9.97 Å². The maximum absolute atomic E-state index is 12.9. The van der Waals surface area contributed by atoms with Crippen LogP contribution in [-0.2, 0) is 0 Å². The summed E-state index contributed by atoms with van der Waals surface area (Å²) in [4.78, 5) is 61.3. The molecule has 0 N–H and O–H groups in total. The van der Waals surface area contributed by atoms with Gasteiger partial charge in [0.05, 0.1) is 0 Å². The third kappa shape index (κ3) is 2.89. The van der Waals surface area contributed by atoms with E-state index in [1.54, 1.807) is 48.5 Å². The molecule has 0 atom stereocenters. The van der Waals surface area contributed by atoms with Crippen LogP contribution >= 0.6 is 22.7 Å². The smallest absolute Gasteiger partial charge is 0.213 e. The molecule has 36 heavy (non-hydrogen) atoms. The number of benzene rings is 3. The molecule has 2 aliphatic rings. The molecule has 7 rings (SSSR count). The minimum absolute atomic E-state index is 0.187. The summed E-state index contributed by atoms with van der Waals surface area (Å²) in [5.41, 5.74) is 3.44. The molecule has 2 aliphatic carbocycles. The molecule has 2 aromatic heterocycles. The van der Waals surface area contributed by atoms with E-state index in [0.29, 0.717) is 42.0 Å². The molecule has 0 fully saturated rings. The third-order valence-electron chi connectivity index (χ3n) is 6.31. The first kappa shape index (κ1) is 20.9. The van der Waals surface area contributed by atoms with Gasteiger partial charge in [-0.1, -0.05) is 72.8 Å². The zero-order valence-corrected chi connectivity index (χ0v) is 19.9. The lowest BCUT2D eigenvalue weighted by Gasteiger charge is -2.11. The molecular formula is C28H12N2O4S2. The first-order valence-electron chi connectivity index (χ1n) is 11.0. The van der Waals surface area contributed by atoms with Gasteiger partial charge in [-0.05, 0) is 0 Å². The Morgan fingerprint density at radius 1 is 0.444 bits per heavy atom. The Morgan fingerprint density at radius 3 is 1.14 bits per heavy atom. The first-order valence-corrected chi connectivity index (χ1v) is 12.6. The molecule has 6 nitrogen and oxygen atoms in total. The van der Waals surface area contributed by atoms with Crippen LogP contribution in [0.25, 0.3) is 21.1 Å². The van der Waals surface area contributed by atoms with Crippen molar-refractivity contribution in [1.29, 1.82) is 0 Å². The Balaban J connectivity index is 1.23. The maximum Gasteiger partial charge on any atom is 0.213 e. The number of carbonyl (C=O) groups excluding carboxylic acids is 4. The van der Waals surface area contributed by atoms with E-state index in [9.17, 15) is 19.2 Å². The lowest BCUT2D eigenvalue weighted by atomic mass is 9.91. The van der Waals surface area contributed by atoms with Crippen LogP contribution in [0.15, 0.2) is 72.8 Å². The predicted octanol–water partition coefficient (Wildman–Crippen LogP) is 5.48. The number of aromatic nitrogens is 2. The normalized spacial score (nSPS) is 13.8. The average Bonchev–Trinajstić information content (AvgIpc) is 3.57. The molecule has 0 spiro atoms. The Labute approximate surface area is 211 Å². The van der Waals surface area contributed by atoms with Crippen molar-refractivity contribution >= 4 is 45.8 Å². The number of thiazole rings is 2. The van der Waals surface area contributed by atoms with Gasteiger partial charge in [-0.2, -0.15) is 0 Å². The summed E-state index contributed by atoms with van der Waals surface area (Å²) in [5, 5.41) is 1.14. The van der Waals surface area contributed by atoms with E-state index in [1.807, 2.05) is 24.3 Å². The highest BCUT2D eigenvalue weighted by Gasteiger charge is 2.34. The average molecular weight is 505 g/mol. The minimum atomic E-state index is -0.247. The van der Waals surface area contributed by atoms with Gasteiger partial charge in [0.15, 0.2) is 0 Å². The van der Waals surface area contributed by atoms with Crippen LogP contribution in [0, 0.1) is 0 Å². The first-order chi connectivity index (χ1) is 17.5. The van der Waals surface area contributed by atoms with Crippen molar-refractivity contribution in [2.75, 3.05) is 0 Å². The molecule has 0 unspecified atom stereocenters. The zero-order chi connectivity index (χ0) is 24.6. The van der Waals surface area contributed by atoms with Crippen LogP contribution in [0.4, 0.5) is 0 Å². The predicted molar refractivity (Wildman–Crippen MR) is 135 cm³/mol. The number of nitrogens with zero attached hydrogens (tertiary/aromatic N) is 2. The third-order valence-corrected chi connectivity index (χ3v) is 8.51. The largest absolute Gasteiger partial charge is 0.288 e. The van der Waals surface area contributed by atoms with Crippen LogP contribution < -0.4 is 0 Å². The SMILES string of the molecule is O=C1c2ccccc2C(=O)c2sc(-c3ccc(-c4nc5c(s4)C(=O)c4ccccc4C5=O)cc3)nc21. The second-order valence-corrected chi connectivity index (χ2v) is 10.4. The molecular weight excluding hydrogens is 492 g/mol. The van der Waals surface area contributed by atoms with Gasteiger partial charge in [0, 0.05) is 33.4 Å². The number of carbonyl (C=O) groups is 4. The van der Waals surface area contributed by atoms with E-state index >= 15 is 0 Å². The number of rotatable bonds is 2. The summed E-state index contributed by atoms with van der Waals surface area (Å²) in [6.07, 6.45) is 0. The van der Waals surface area contributed by atoms with Crippen molar-refractivity contribution in [3.63, 3.8) is 0 Å². The monoisotopic (exact) mass is 504 g/mol. The Morgan fingerprint density at radius 2 is 0.778 bits per heavy atom. The van der Waals surface area contributed by atoms with E-state index < -0.39 is 0 Å². The second-order valence-electron chi connectivity index (χ2n) is 8.38. The Kier molecular flexibility index (Phi) is 4.39. The van der Waals surface area contributed by atoms with Crippen LogP contribution in [-0.4, -0.2) is 33.1 Å². The number of fused-ring (bicyclic) bond motifs is 4. The molecule has 0 radical (unpaired) electrons. The van der Waals surface area contributed by atoms with Crippen molar-refractivity contribution in [2.45, 2.75) is 0 Å². The van der Waals surface area contributed by atoms with Crippen molar-refractivity contribution in [2.24, 2.45) is 0 Å². The van der Waals surface area contributed by atoms with Gasteiger partial charge in [-0.15, -0.1) is 22.7 Å². The van der Waals surface area contributed by atoms with Crippen molar-refractivity contribution in [3.05, 3.63) is 116 Å². The van der Waals surface area contributed by atoms with Gasteiger partial charge in [0.2, 0.25) is 23.1 Å². The van der Waals surface area contributed by atoms with Gasteiger partial charge < -0.3 is 0 Å². The van der Waals surface area contributed by atoms with Gasteiger partial charge in [0.25, 0.3) is 0 Å². The van der Waals surface area contributed by atoms with Gasteiger partial charge >= 0.3 is 0 Å². The van der Waals surface area contributed by atoms with Crippen LogP contribution in [0.5, 0.6) is 0 Å².